The number of nitrogens with one attached hydrogen (secondary N) is 2. The summed E-state index contributed by atoms with van der Waals surface area (Å²) in [5, 5.41) is 5.57. The van der Waals surface area contributed by atoms with Gasteiger partial charge in [0.2, 0.25) is 11.8 Å². The van der Waals surface area contributed by atoms with Crippen LogP contribution in [0.3, 0.4) is 0 Å². The number of fused-ring (bicyclic) bond motifs is 2. The molecule has 3 aliphatic heterocycles. The van der Waals surface area contributed by atoms with Crippen LogP contribution in [0.2, 0.25) is 5.02 Å². The van der Waals surface area contributed by atoms with Crippen molar-refractivity contribution in [3.63, 3.8) is 0 Å². The van der Waals surface area contributed by atoms with Crippen molar-refractivity contribution >= 4 is 35.2 Å². The molecule has 3 heterocycles. The van der Waals surface area contributed by atoms with E-state index < -0.39 is 35.9 Å². The van der Waals surface area contributed by atoms with Crippen molar-refractivity contribution in [2.45, 2.75) is 37.0 Å². The van der Waals surface area contributed by atoms with Gasteiger partial charge in [-0.2, -0.15) is 0 Å². The van der Waals surface area contributed by atoms with Gasteiger partial charge in [-0.3, -0.25) is 19.2 Å². The Balaban J connectivity index is 1.33. The number of carbonyl (C=O) groups excluding carboxylic acids is 4. The molecule has 10 heteroatoms. The summed E-state index contributed by atoms with van der Waals surface area (Å²) in [7, 11) is 0. The van der Waals surface area contributed by atoms with Crippen LogP contribution in [0.5, 0.6) is 0 Å². The molecular weight excluding hydrogens is 463 g/mol. The molecule has 3 fully saturated rings. The van der Waals surface area contributed by atoms with Gasteiger partial charge in [-0.15, -0.1) is 0 Å². The van der Waals surface area contributed by atoms with Gasteiger partial charge in [0.25, 0.3) is 11.8 Å². The van der Waals surface area contributed by atoms with E-state index in [1.54, 1.807) is 24.3 Å². The van der Waals surface area contributed by atoms with Crippen molar-refractivity contribution in [3.8, 4) is 0 Å². The molecule has 3 aliphatic rings. The highest BCUT2D eigenvalue weighted by atomic mass is 35.5. The molecule has 34 heavy (non-hydrogen) atoms. The number of hydrogen-bond acceptors (Lipinski definition) is 4. The maximum atomic E-state index is 13.6. The second kappa shape index (κ2) is 8.72. The van der Waals surface area contributed by atoms with Gasteiger partial charge in [-0.1, -0.05) is 29.8 Å². The lowest BCUT2D eigenvalue weighted by Crippen LogP contribution is -2.52. The number of nitrogens with zero attached hydrogens (tertiary/aromatic N) is 2. The molecule has 3 saturated heterocycles. The summed E-state index contributed by atoms with van der Waals surface area (Å²) in [4.78, 5) is 55.2. The first-order chi connectivity index (χ1) is 16.3. The minimum atomic E-state index is -0.799. The molecule has 4 atom stereocenters. The predicted molar refractivity (Wildman–Crippen MR) is 121 cm³/mol. The lowest BCUT2D eigenvalue weighted by atomic mass is 10.1. The van der Waals surface area contributed by atoms with Crippen molar-refractivity contribution < 1.29 is 23.6 Å². The SMILES string of the molecule is O=C(N[C@H]1C[C@@H]2C(=O)N[C@H]3CCN(C(=O)c4ccccc4)[C@@H]3C(=O)N2C1)c1ccc(F)c(Cl)c1. The highest BCUT2D eigenvalue weighted by molar-refractivity contribution is 6.31. The number of rotatable bonds is 3. The molecule has 0 saturated carbocycles. The number of carbonyl (C=O) groups is 4. The van der Waals surface area contributed by atoms with Crippen LogP contribution in [-0.2, 0) is 9.59 Å². The number of halogens is 2. The van der Waals surface area contributed by atoms with Crippen LogP contribution < -0.4 is 10.6 Å². The highest BCUT2D eigenvalue weighted by Gasteiger charge is 2.52. The maximum Gasteiger partial charge on any atom is 0.254 e. The first kappa shape index (κ1) is 22.3. The van der Waals surface area contributed by atoms with Crippen LogP contribution in [-0.4, -0.2) is 70.7 Å². The molecular formula is C24H22ClFN4O4. The number of benzene rings is 2. The Morgan fingerprint density at radius 3 is 2.59 bits per heavy atom. The van der Waals surface area contributed by atoms with E-state index in [0.29, 0.717) is 18.5 Å². The molecule has 2 N–H and O–H groups in total. The first-order valence-corrected chi connectivity index (χ1v) is 11.4. The minimum Gasteiger partial charge on any atom is -0.349 e. The summed E-state index contributed by atoms with van der Waals surface area (Å²) in [6.45, 7) is 0.493. The van der Waals surface area contributed by atoms with Gasteiger partial charge < -0.3 is 20.4 Å². The zero-order valence-electron chi connectivity index (χ0n) is 18.0. The van der Waals surface area contributed by atoms with Crippen molar-refractivity contribution in [2.24, 2.45) is 0 Å². The van der Waals surface area contributed by atoms with E-state index in [0.717, 1.165) is 6.07 Å². The molecule has 0 aromatic heterocycles. The molecule has 8 nitrogen and oxygen atoms in total. The summed E-state index contributed by atoms with van der Waals surface area (Å²) in [6, 6.07) is 9.90. The molecule has 4 amide bonds. The Kier molecular flexibility index (Phi) is 5.73. The number of amides is 4. The van der Waals surface area contributed by atoms with Crippen LogP contribution in [0.4, 0.5) is 4.39 Å². The Morgan fingerprint density at radius 2 is 1.85 bits per heavy atom. The van der Waals surface area contributed by atoms with Gasteiger partial charge in [-0.05, 0) is 43.2 Å². The fraction of sp³-hybridized carbons (Fsp3) is 0.333. The van der Waals surface area contributed by atoms with Crippen molar-refractivity contribution in [1.82, 2.24) is 20.4 Å². The predicted octanol–water partition coefficient (Wildman–Crippen LogP) is 1.59. The molecule has 5 rings (SSSR count). The lowest BCUT2D eigenvalue weighted by molar-refractivity contribution is -0.138. The average molecular weight is 485 g/mol. The monoisotopic (exact) mass is 484 g/mol. The Morgan fingerprint density at radius 1 is 1.09 bits per heavy atom. The molecule has 0 aliphatic carbocycles. The van der Waals surface area contributed by atoms with Crippen LogP contribution >= 0.6 is 11.6 Å². The van der Waals surface area contributed by atoms with E-state index in [2.05, 4.69) is 10.6 Å². The van der Waals surface area contributed by atoms with Crippen LogP contribution in [0.1, 0.15) is 33.6 Å². The van der Waals surface area contributed by atoms with Gasteiger partial charge in [-0.25, -0.2) is 4.39 Å². The fourth-order valence-electron chi connectivity index (χ4n) is 5.01. The summed E-state index contributed by atoms with van der Waals surface area (Å²) in [6.07, 6.45) is 0.733. The second-order valence-corrected chi connectivity index (χ2v) is 9.16. The van der Waals surface area contributed by atoms with Gasteiger partial charge in [0, 0.05) is 30.3 Å². The second-order valence-electron chi connectivity index (χ2n) is 8.75. The molecule has 0 radical (unpaired) electrons. The van der Waals surface area contributed by atoms with Crippen LogP contribution in [0, 0.1) is 5.82 Å². The normalized spacial score (nSPS) is 25.9. The van der Waals surface area contributed by atoms with Gasteiger partial charge in [0.15, 0.2) is 0 Å². The molecule has 0 bridgehead atoms. The van der Waals surface area contributed by atoms with E-state index in [1.807, 2.05) is 6.07 Å². The third-order valence-electron chi connectivity index (χ3n) is 6.66. The van der Waals surface area contributed by atoms with Crippen molar-refractivity contribution in [1.29, 1.82) is 0 Å². The number of hydrogen-bond donors (Lipinski definition) is 2. The summed E-state index contributed by atoms with van der Waals surface area (Å²) < 4.78 is 13.4. The quantitative estimate of drug-likeness (QED) is 0.691. The average Bonchev–Trinajstić information content (AvgIpc) is 3.43. The van der Waals surface area contributed by atoms with Gasteiger partial charge in [0.05, 0.1) is 11.1 Å². The minimum absolute atomic E-state index is 0.133. The molecule has 0 spiro atoms. The van der Waals surface area contributed by atoms with Gasteiger partial charge >= 0.3 is 0 Å². The topological polar surface area (TPSA) is 98.8 Å². The molecule has 2 aromatic carbocycles. The van der Waals surface area contributed by atoms with E-state index in [4.69, 9.17) is 11.6 Å². The maximum absolute atomic E-state index is 13.6. The van der Waals surface area contributed by atoms with Crippen LogP contribution in [0.25, 0.3) is 0 Å². The third kappa shape index (κ3) is 3.90. The Bertz CT molecular complexity index is 1180. The molecule has 2 aromatic rings. The third-order valence-corrected chi connectivity index (χ3v) is 6.95. The zero-order chi connectivity index (χ0) is 24.0. The standard InChI is InChI=1S/C24H22ClFN4O4/c25-16-10-14(6-7-17(16)26)21(31)27-15-11-19-22(32)28-18-8-9-29(20(18)24(34)30(19)12-15)23(33)13-4-2-1-3-5-13/h1-7,10,15,18-20H,8-9,11-12H2,(H,27,31)(H,28,32)/t15-,18-,19+,20-/m0/s1. The largest absolute Gasteiger partial charge is 0.349 e. The van der Waals surface area contributed by atoms with E-state index >= 15 is 0 Å². The Hall–Kier alpha value is -3.46. The smallest absolute Gasteiger partial charge is 0.254 e. The van der Waals surface area contributed by atoms with E-state index in [-0.39, 0.29) is 41.3 Å². The molecule has 0 unspecified atom stereocenters. The Labute approximate surface area is 200 Å². The van der Waals surface area contributed by atoms with Crippen LogP contribution in [0.15, 0.2) is 48.5 Å². The first-order valence-electron chi connectivity index (χ1n) is 11.1. The summed E-state index contributed by atoms with van der Waals surface area (Å²) >= 11 is 5.77. The highest BCUT2D eigenvalue weighted by Crippen LogP contribution is 2.30. The fourth-order valence-corrected chi connectivity index (χ4v) is 5.19. The van der Waals surface area contributed by atoms with E-state index in [1.165, 1.54) is 21.9 Å². The van der Waals surface area contributed by atoms with E-state index in [9.17, 15) is 23.6 Å². The summed E-state index contributed by atoms with van der Waals surface area (Å²) in [5.41, 5.74) is 0.660. The summed E-state index contributed by atoms with van der Waals surface area (Å²) in [5.74, 6) is -1.97. The van der Waals surface area contributed by atoms with Gasteiger partial charge in [0.1, 0.15) is 17.9 Å². The van der Waals surface area contributed by atoms with Crippen molar-refractivity contribution in [2.75, 3.05) is 13.1 Å². The zero-order valence-corrected chi connectivity index (χ0v) is 18.8. The molecule has 176 valence electrons. The lowest BCUT2D eigenvalue weighted by Gasteiger charge is -2.29. The number of likely N-dealkylation sites (tertiary alicyclic amines) is 1. The van der Waals surface area contributed by atoms with Crippen molar-refractivity contribution in [3.05, 3.63) is 70.5 Å².